The topological polar surface area (TPSA) is 61.9 Å². The van der Waals surface area contributed by atoms with E-state index in [1.54, 1.807) is 12.3 Å². The Labute approximate surface area is 74.5 Å². The van der Waals surface area contributed by atoms with E-state index in [1.807, 2.05) is 0 Å². The average molecular weight is 169 g/mol. The highest BCUT2D eigenvalue weighted by molar-refractivity contribution is 5.92. The second-order valence-corrected chi connectivity index (χ2v) is 4.09. The van der Waals surface area contributed by atoms with Gasteiger partial charge in [0.25, 0.3) is 0 Å². The summed E-state index contributed by atoms with van der Waals surface area (Å²) in [6.07, 6.45) is 5.10. The van der Waals surface area contributed by atoms with Gasteiger partial charge in [0, 0.05) is 11.9 Å². The van der Waals surface area contributed by atoms with Crippen LogP contribution in [0.1, 0.15) is 33.6 Å². The van der Waals surface area contributed by atoms with Crippen molar-refractivity contribution in [2.24, 2.45) is 11.3 Å². The molecule has 70 valence electrons. The van der Waals surface area contributed by atoms with Crippen LogP contribution in [0.5, 0.6) is 0 Å². The fourth-order valence-corrected chi connectivity index (χ4v) is 0.742. The summed E-state index contributed by atoms with van der Waals surface area (Å²) in [5, 5.41) is 7.49. The van der Waals surface area contributed by atoms with Crippen molar-refractivity contribution in [2.75, 3.05) is 0 Å². The molecule has 0 unspecified atom stereocenters. The van der Waals surface area contributed by atoms with Crippen molar-refractivity contribution >= 4 is 5.71 Å². The van der Waals surface area contributed by atoms with E-state index < -0.39 is 0 Å². The van der Waals surface area contributed by atoms with Gasteiger partial charge in [0.15, 0.2) is 0 Å². The summed E-state index contributed by atoms with van der Waals surface area (Å²) in [4.78, 5) is 0. The van der Waals surface area contributed by atoms with Gasteiger partial charge in [-0.25, -0.2) is 0 Å². The zero-order valence-electron chi connectivity index (χ0n) is 8.15. The molecule has 0 radical (unpaired) electrons. The molecular formula is C9H19N3. The van der Waals surface area contributed by atoms with Gasteiger partial charge in [-0.1, -0.05) is 20.8 Å². The third-order valence-electron chi connectivity index (χ3n) is 1.53. The lowest BCUT2D eigenvalue weighted by atomic mass is 9.89. The summed E-state index contributed by atoms with van der Waals surface area (Å²) in [6, 6.07) is 0. The van der Waals surface area contributed by atoms with Crippen molar-refractivity contribution in [1.29, 1.82) is 5.41 Å². The minimum Gasteiger partial charge on any atom is -0.331 e. The highest BCUT2D eigenvalue weighted by atomic mass is 15.2. The van der Waals surface area contributed by atoms with Gasteiger partial charge < -0.3 is 10.8 Å². The van der Waals surface area contributed by atoms with Crippen LogP contribution in [0.3, 0.4) is 0 Å². The number of hydrogen-bond acceptors (Lipinski definition) is 3. The Balaban J connectivity index is 3.65. The van der Waals surface area contributed by atoms with Crippen molar-refractivity contribution < 1.29 is 0 Å². The van der Waals surface area contributed by atoms with Crippen molar-refractivity contribution in [3.63, 3.8) is 0 Å². The Bertz CT molecular complexity index is 165. The standard InChI is InChI=1S/C9H19N3/c1-9(2,3)6-4-8(10)5-7-12-11/h5,7,10,12H,4,6,11H2,1-3H3/b7-5-,10-8?. The Hall–Kier alpha value is -0.830. The van der Waals surface area contributed by atoms with Crippen molar-refractivity contribution in [3.05, 3.63) is 12.3 Å². The molecule has 0 saturated heterocycles. The minimum absolute atomic E-state index is 0.302. The summed E-state index contributed by atoms with van der Waals surface area (Å²) in [5.74, 6) is 5.03. The van der Waals surface area contributed by atoms with Crippen LogP contribution in [-0.2, 0) is 0 Å². The molecule has 0 heterocycles. The van der Waals surface area contributed by atoms with Crippen molar-refractivity contribution in [1.82, 2.24) is 5.43 Å². The maximum Gasteiger partial charge on any atom is 0.0329 e. The quantitative estimate of drug-likeness (QED) is 0.341. The van der Waals surface area contributed by atoms with Gasteiger partial charge in [-0.05, 0) is 24.3 Å². The summed E-state index contributed by atoms with van der Waals surface area (Å²) < 4.78 is 0. The smallest absolute Gasteiger partial charge is 0.0329 e. The van der Waals surface area contributed by atoms with Crippen molar-refractivity contribution in [3.8, 4) is 0 Å². The molecule has 0 bridgehead atoms. The summed E-state index contributed by atoms with van der Waals surface area (Å²) in [5.41, 5.74) is 3.29. The van der Waals surface area contributed by atoms with E-state index in [1.165, 1.54) is 0 Å². The van der Waals surface area contributed by atoms with Gasteiger partial charge >= 0.3 is 0 Å². The van der Waals surface area contributed by atoms with E-state index in [0.717, 1.165) is 12.8 Å². The Morgan fingerprint density at radius 1 is 1.50 bits per heavy atom. The zero-order valence-corrected chi connectivity index (χ0v) is 8.15. The third kappa shape index (κ3) is 7.28. The SMILES string of the molecule is CC(C)(C)CCC(=N)/C=C\NN. The first-order valence-corrected chi connectivity index (χ1v) is 4.16. The van der Waals surface area contributed by atoms with Crippen LogP contribution >= 0.6 is 0 Å². The molecule has 0 aliphatic rings. The molecule has 0 rings (SSSR count). The average Bonchev–Trinajstić information content (AvgIpc) is 1.95. The molecule has 0 atom stereocenters. The lowest BCUT2D eigenvalue weighted by molar-refractivity contribution is 0.386. The number of allylic oxidation sites excluding steroid dienone is 1. The molecule has 0 fully saturated rings. The predicted molar refractivity (Wildman–Crippen MR) is 52.9 cm³/mol. The van der Waals surface area contributed by atoms with Crippen LogP contribution in [0.2, 0.25) is 0 Å². The summed E-state index contributed by atoms with van der Waals surface area (Å²) in [7, 11) is 0. The number of rotatable bonds is 4. The molecule has 3 nitrogen and oxygen atoms in total. The molecule has 0 aromatic rings. The Morgan fingerprint density at radius 2 is 2.08 bits per heavy atom. The highest BCUT2D eigenvalue weighted by Gasteiger charge is 2.09. The maximum absolute atomic E-state index is 7.49. The third-order valence-corrected chi connectivity index (χ3v) is 1.53. The number of hydrogen-bond donors (Lipinski definition) is 3. The molecular weight excluding hydrogens is 150 g/mol. The first-order chi connectivity index (χ1) is 5.45. The second-order valence-electron chi connectivity index (χ2n) is 4.09. The van der Waals surface area contributed by atoms with E-state index in [0.29, 0.717) is 11.1 Å². The van der Waals surface area contributed by atoms with Crippen molar-refractivity contribution in [2.45, 2.75) is 33.6 Å². The lowest BCUT2D eigenvalue weighted by Gasteiger charge is -2.16. The molecule has 12 heavy (non-hydrogen) atoms. The van der Waals surface area contributed by atoms with Gasteiger partial charge in [0.05, 0.1) is 0 Å². The van der Waals surface area contributed by atoms with Crippen LogP contribution in [0, 0.1) is 10.8 Å². The van der Waals surface area contributed by atoms with Crippen LogP contribution in [-0.4, -0.2) is 5.71 Å². The summed E-state index contributed by atoms with van der Waals surface area (Å²) >= 11 is 0. The number of nitrogens with two attached hydrogens (primary N) is 1. The van der Waals surface area contributed by atoms with E-state index in [4.69, 9.17) is 11.3 Å². The lowest BCUT2D eigenvalue weighted by Crippen LogP contribution is -2.14. The molecule has 0 aromatic heterocycles. The summed E-state index contributed by atoms with van der Waals surface area (Å²) in [6.45, 7) is 6.52. The molecule has 0 saturated carbocycles. The van der Waals surface area contributed by atoms with Gasteiger partial charge in [-0.15, -0.1) is 0 Å². The monoisotopic (exact) mass is 169 g/mol. The predicted octanol–water partition coefficient (Wildman–Crippen LogP) is 1.81. The molecule has 4 N–H and O–H groups in total. The Kier molecular flexibility index (Phi) is 4.59. The second kappa shape index (κ2) is 4.93. The van der Waals surface area contributed by atoms with E-state index in [2.05, 4.69) is 26.2 Å². The zero-order chi connectivity index (χ0) is 9.61. The van der Waals surface area contributed by atoms with Crippen LogP contribution in [0.25, 0.3) is 0 Å². The fraction of sp³-hybridized carbons (Fsp3) is 0.667. The van der Waals surface area contributed by atoms with Gasteiger partial charge in [0.1, 0.15) is 0 Å². The molecule has 0 aliphatic carbocycles. The van der Waals surface area contributed by atoms with Crippen LogP contribution < -0.4 is 11.3 Å². The largest absolute Gasteiger partial charge is 0.331 e. The van der Waals surface area contributed by atoms with Crippen LogP contribution in [0.15, 0.2) is 12.3 Å². The molecule has 0 aliphatic heterocycles. The molecule has 0 spiro atoms. The van der Waals surface area contributed by atoms with E-state index in [9.17, 15) is 0 Å². The van der Waals surface area contributed by atoms with Gasteiger partial charge in [-0.2, -0.15) is 0 Å². The van der Waals surface area contributed by atoms with Gasteiger partial charge in [0.2, 0.25) is 0 Å². The first kappa shape index (κ1) is 11.2. The maximum atomic E-state index is 7.49. The molecule has 3 heteroatoms. The molecule has 0 aromatic carbocycles. The van der Waals surface area contributed by atoms with Crippen LogP contribution in [0.4, 0.5) is 0 Å². The number of nitrogens with one attached hydrogen (secondary N) is 2. The normalized spacial score (nSPS) is 12.0. The molecule has 0 amide bonds. The first-order valence-electron chi connectivity index (χ1n) is 4.16. The minimum atomic E-state index is 0.302. The van der Waals surface area contributed by atoms with E-state index >= 15 is 0 Å². The van der Waals surface area contributed by atoms with Gasteiger partial charge in [-0.3, -0.25) is 5.84 Å². The number of hydrazine groups is 1. The Morgan fingerprint density at radius 3 is 2.50 bits per heavy atom. The van der Waals surface area contributed by atoms with E-state index in [-0.39, 0.29) is 0 Å². The fourth-order valence-electron chi connectivity index (χ4n) is 0.742. The highest BCUT2D eigenvalue weighted by Crippen LogP contribution is 2.20.